The van der Waals surface area contributed by atoms with Crippen molar-refractivity contribution in [1.82, 2.24) is 29.9 Å². The van der Waals surface area contributed by atoms with E-state index >= 15 is 0 Å². The van der Waals surface area contributed by atoms with Gasteiger partial charge in [0.15, 0.2) is 0 Å². The Hall–Kier alpha value is -4.79. The third kappa shape index (κ3) is 4.93. The average molecular weight is 466 g/mol. The van der Waals surface area contributed by atoms with Crippen LogP contribution in [0.1, 0.15) is 0 Å². The third-order valence-corrected chi connectivity index (χ3v) is 5.97. The Kier molecular flexibility index (Phi) is 5.45. The molecule has 0 aliphatic carbocycles. The molecule has 2 heterocycles. The number of sulfone groups is 1. The fourth-order valence-corrected chi connectivity index (χ4v) is 4.02. The van der Waals surface area contributed by atoms with Gasteiger partial charge in [-0.2, -0.15) is 29.9 Å². The molecule has 0 aliphatic heterocycles. The first kappa shape index (κ1) is 21.4. The van der Waals surface area contributed by atoms with Gasteiger partial charge in [0, 0.05) is 11.4 Å². The molecule has 0 atom stereocenters. The lowest BCUT2D eigenvalue weighted by Crippen LogP contribution is -2.07. The van der Waals surface area contributed by atoms with Crippen molar-refractivity contribution >= 4 is 56.9 Å². The molecule has 33 heavy (non-hydrogen) atoms. The smallest absolute Gasteiger partial charge is 0.233 e. The van der Waals surface area contributed by atoms with E-state index < -0.39 is 9.84 Å². The van der Waals surface area contributed by atoms with Crippen molar-refractivity contribution in [2.24, 2.45) is 0 Å². The molecule has 168 valence electrons. The number of nitrogens with zero attached hydrogens (tertiary/aromatic N) is 6. The van der Waals surface area contributed by atoms with Gasteiger partial charge in [-0.25, -0.2) is 8.42 Å². The van der Waals surface area contributed by atoms with Crippen LogP contribution in [0.4, 0.5) is 47.1 Å². The van der Waals surface area contributed by atoms with Gasteiger partial charge in [-0.15, -0.1) is 0 Å². The minimum atomic E-state index is -3.76. The summed E-state index contributed by atoms with van der Waals surface area (Å²) < 4.78 is 26.0. The summed E-state index contributed by atoms with van der Waals surface area (Å²) in [5.41, 5.74) is 23.2. The first-order chi connectivity index (χ1) is 15.7. The Morgan fingerprint density at radius 1 is 0.515 bits per heavy atom. The molecule has 0 saturated carbocycles. The molecule has 2 aromatic heterocycles. The number of aromatic nitrogens is 6. The molecular weight excluding hydrogens is 448 g/mol. The van der Waals surface area contributed by atoms with Crippen LogP contribution in [0.25, 0.3) is 0 Å². The van der Waals surface area contributed by atoms with Gasteiger partial charge in [0.2, 0.25) is 45.5 Å². The zero-order valence-corrected chi connectivity index (χ0v) is 17.7. The molecule has 0 radical (unpaired) electrons. The second-order valence-corrected chi connectivity index (χ2v) is 8.50. The second kappa shape index (κ2) is 8.39. The molecule has 0 unspecified atom stereocenters. The van der Waals surface area contributed by atoms with Crippen molar-refractivity contribution < 1.29 is 8.42 Å². The highest BCUT2D eigenvalue weighted by Gasteiger charge is 2.18. The largest absolute Gasteiger partial charge is 0.368 e. The van der Waals surface area contributed by atoms with E-state index in [9.17, 15) is 8.42 Å². The SMILES string of the molecule is Nc1nc(N)nc(Nc2ccc(S(=O)(=O)c3ccc(Nc4nc(N)nc(N)n4)cc3)cc2)n1. The van der Waals surface area contributed by atoms with Crippen molar-refractivity contribution in [3.8, 4) is 0 Å². The molecule has 14 nitrogen and oxygen atoms in total. The molecule has 0 fully saturated rings. The van der Waals surface area contributed by atoms with Crippen LogP contribution in [0.15, 0.2) is 58.3 Å². The van der Waals surface area contributed by atoms with Crippen LogP contribution >= 0.6 is 0 Å². The van der Waals surface area contributed by atoms with E-state index in [1.165, 1.54) is 24.3 Å². The normalized spacial score (nSPS) is 11.2. The van der Waals surface area contributed by atoms with E-state index in [1.807, 2.05) is 0 Å². The fraction of sp³-hybridized carbons (Fsp3) is 0. The van der Waals surface area contributed by atoms with E-state index in [1.54, 1.807) is 24.3 Å². The van der Waals surface area contributed by atoms with E-state index in [-0.39, 0.29) is 45.5 Å². The molecule has 10 N–H and O–H groups in total. The Morgan fingerprint density at radius 3 is 1.12 bits per heavy atom. The summed E-state index contributed by atoms with van der Waals surface area (Å²) in [7, 11) is -3.76. The van der Waals surface area contributed by atoms with Crippen molar-refractivity contribution in [2.45, 2.75) is 9.79 Å². The standard InChI is InChI=1S/C18H18N12O2S/c19-13-25-14(20)28-17(27-13)23-9-1-5-11(6-2-9)33(31,32)12-7-3-10(4-8-12)24-18-29-15(21)26-16(22)30-18/h1-8H,(H5,19,20,23,25,27,28)(H5,21,22,24,26,29,30). The summed E-state index contributed by atoms with van der Waals surface area (Å²) in [6.07, 6.45) is 0. The number of benzene rings is 2. The van der Waals surface area contributed by atoms with Crippen LogP contribution < -0.4 is 33.6 Å². The molecule has 4 aromatic rings. The number of hydrogen-bond acceptors (Lipinski definition) is 14. The Labute approximate surface area is 187 Å². The quantitative estimate of drug-likeness (QED) is 0.229. The van der Waals surface area contributed by atoms with Crippen molar-refractivity contribution in [3.63, 3.8) is 0 Å². The molecule has 15 heteroatoms. The summed E-state index contributed by atoms with van der Waals surface area (Å²) in [6, 6.07) is 12.1. The summed E-state index contributed by atoms with van der Waals surface area (Å²) in [5, 5.41) is 5.77. The summed E-state index contributed by atoms with van der Waals surface area (Å²) in [4.78, 5) is 23.2. The van der Waals surface area contributed by atoms with Crippen molar-refractivity contribution in [1.29, 1.82) is 0 Å². The van der Waals surface area contributed by atoms with Crippen LogP contribution in [0.5, 0.6) is 0 Å². The number of nitrogens with two attached hydrogens (primary N) is 4. The average Bonchev–Trinajstić information content (AvgIpc) is 2.73. The van der Waals surface area contributed by atoms with Crippen LogP contribution in [0, 0.1) is 0 Å². The molecule has 0 bridgehead atoms. The van der Waals surface area contributed by atoms with Gasteiger partial charge < -0.3 is 33.6 Å². The highest BCUT2D eigenvalue weighted by Crippen LogP contribution is 2.25. The number of hydrogen-bond donors (Lipinski definition) is 6. The van der Waals surface area contributed by atoms with Crippen molar-refractivity contribution in [3.05, 3.63) is 48.5 Å². The molecular formula is C18H18N12O2S. The Bertz CT molecular complexity index is 1270. The van der Waals surface area contributed by atoms with Gasteiger partial charge in [-0.05, 0) is 48.5 Å². The Morgan fingerprint density at radius 2 is 0.818 bits per heavy atom. The van der Waals surface area contributed by atoms with Gasteiger partial charge in [-0.3, -0.25) is 0 Å². The summed E-state index contributed by atoms with van der Waals surface area (Å²) in [5.74, 6) is 0.129. The Balaban J connectivity index is 1.50. The molecule has 0 spiro atoms. The monoisotopic (exact) mass is 466 g/mol. The van der Waals surface area contributed by atoms with E-state index in [0.29, 0.717) is 11.4 Å². The zero-order valence-electron chi connectivity index (χ0n) is 16.8. The molecule has 0 saturated heterocycles. The maximum atomic E-state index is 13.0. The zero-order chi connectivity index (χ0) is 23.6. The minimum Gasteiger partial charge on any atom is -0.368 e. The lowest BCUT2D eigenvalue weighted by Gasteiger charge is -2.09. The number of anilines is 8. The van der Waals surface area contributed by atoms with Gasteiger partial charge in [0.1, 0.15) is 0 Å². The number of nitrogen functional groups attached to an aromatic ring is 4. The van der Waals surface area contributed by atoms with Gasteiger partial charge in [0.25, 0.3) is 0 Å². The topological polar surface area (TPSA) is 240 Å². The maximum Gasteiger partial charge on any atom is 0.233 e. The summed E-state index contributed by atoms with van der Waals surface area (Å²) >= 11 is 0. The number of rotatable bonds is 6. The first-order valence-corrected chi connectivity index (χ1v) is 10.7. The van der Waals surface area contributed by atoms with E-state index in [0.717, 1.165) is 0 Å². The van der Waals surface area contributed by atoms with Crippen LogP contribution in [-0.4, -0.2) is 38.3 Å². The van der Waals surface area contributed by atoms with Crippen LogP contribution in [0.2, 0.25) is 0 Å². The fourth-order valence-electron chi connectivity index (χ4n) is 2.76. The van der Waals surface area contributed by atoms with Gasteiger partial charge in [0.05, 0.1) is 9.79 Å². The molecule has 0 aliphatic rings. The molecule has 4 rings (SSSR count). The van der Waals surface area contributed by atoms with Crippen LogP contribution in [0.3, 0.4) is 0 Å². The van der Waals surface area contributed by atoms with Crippen LogP contribution in [-0.2, 0) is 9.84 Å². The van der Waals surface area contributed by atoms with Crippen molar-refractivity contribution in [2.75, 3.05) is 33.6 Å². The predicted octanol–water partition coefficient (Wildman–Crippen LogP) is 0.705. The van der Waals surface area contributed by atoms with E-state index in [4.69, 9.17) is 22.9 Å². The predicted molar refractivity (Wildman–Crippen MR) is 122 cm³/mol. The third-order valence-electron chi connectivity index (χ3n) is 4.18. The highest BCUT2D eigenvalue weighted by atomic mass is 32.2. The number of nitrogens with one attached hydrogen (secondary N) is 2. The van der Waals surface area contributed by atoms with Gasteiger partial charge in [-0.1, -0.05) is 0 Å². The maximum absolute atomic E-state index is 13.0. The first-order valence-electron chi connectivity index (χ1n) is 9.22. The minimum absolute atomic E-state index is 0.0374. The lowest BCUT2D eigenvalue weighted by atomic mass is 10.3. The molecule has 2 aromatic carbocycles. The lowest BCUT2D eigenvalue weighted by molar-refractivity contribution is 0.596. The highest BCUT2D eigenvalue weighted by molar-refractivity contribution is 7.91. The van der Waals surface area contributed by atoms with E-state index in [2.05, 4.69) is 40.5 Å². The summed E-state index contributed by atoms with van der Waals surface area (Å²) in [6.45, 7) is 0. The molecule has 0 amide bonds. The second-order valence-electron chi connectivity index (χ2n) is 6.55. The van der Waals surface area contributed by atoms with Gasteiger partial charge >= 0.3 is 0 Å².